The van der Waals surface area contributed by atoms with Crippen LogP contribution >= 0.6 is 25.7 Å². The van der Waals surface area contributed by atoms with Crippen molar-refractivity contribution in [2.75, 3.05) is 6.54 Å². The van der Waals surface area contributed by atoms with E-state index in [9.17, 15) is 0 Å². The van der Waals surface area contributed by atoms with Gasteiger partial charge in [-0.1, -0.05) is 30.3 Å². The topological polar surface area (TPSA) is 72.7 Å². The molecule has 0 aliphatic heterocycles. The maximum absolute atomic E-state index is 8.57. The zero-order valence-electron chi connectivity index (χ0n) is 8.05. The van der Waals surface area contributed by atoms with Gasteiger partial charge in [-0.25, -0.2) is 0 Å². The molecule has 0 spiro atoms. The van der Waals surface area contributed by atoms with Gasteiger partial charge in [0, 0.05) is 6.16 Å². The quantitative estimate of drug-likeness (QED) is 0.364. The van der Waals surface area contributed by atoms with E-state index in [0.29, 0.717) is 8.73 Å². The van der Waals surface area contributed by atoms with Crippen LogP contribution in [0.1, 0.15) is 5.56 Å². The third-order valence-electron chi connectivity index (χ3n) is 1.59. The molecule has 15 heavy (non-hydrogen) atoms. The van der Waals surface area contributed by atoms with Crippen molar-refractivity contribution in [3.05, 3.63) is 35.9 Å². The van der Waals surface area contributed by atoms with E-state index < -0.39 is 5.97 Å². The Morgan fingerprint density at radius 3 is 2.27 bits per heavy atom. The lowest BCUT2D eigenvalue weighted by molar-refractivity contribution is -0.304. The zero-order valence-corrected chi connectivity index (χ0v) is 10.8. The van der Waals surface area contributed by atoms with Gasteiger partial charge >= 0.3 is 0 Å². The number of hydrogen-bond acceptors (Lipinski definition) is 4. The molecular weight excluding hydrogens is 281 g/mol. The van der Waals surface area contributed by atoms with Gasteiger partial charge in [0.05, 0.1) is 6.54 Å². The second-order valence-corrected chi connectivity index (χ2v) is 4.03. The maximum Gasteiger partial charge on any atom is 0.288 e. The fourth-order valence-electron chi connectivity index (χ4n) is 0.942. The molecule has 6 heteroatoms. The highest BCUT2D eigenvalue weighted by atomic mass is 79.9. The smallest absolute Gasteiger partial charge is 0.288 e. The van der Waals surface area contributed by atoms with Gasteiger partial charge in [-0.3, -0.25) is 5.09 Å². The van der Waals surface area contributed by atoms with Crippen LogP contribution in [0.2, 0.25) is 0 Å². The molecule has 86 valence electrons. The highest BCUT2D eigenvalue weighted by Gasteiger charge is 2.16. The summed E-state index contributed by atoms with van der Waals surface area (Å²) in [6.45, 7) is -0.238. The first-order valence-electron chi connectivity index (χ1n) is 4.25. The van der Waals surface area contributed by atoms with Crippen LogP contribution in [-0.4, -0.2) is 27.8 Å². The van der Waals surface area contributed by atoms with E-state index >= 15 is 0 Å². The minimum Gasteiger partial charge on any atom is -0.343 e. The summed E-state index contributed by atoms with van der Waals surface area (Å²) in [5.74, 6) is -2.61. The second-order valence-electron chi connectivity index (χ2n) is 2.97. The number of halogens is 1. The highest BCUT2D eigenvalue weighted by molar-refractivity contribution is 8.93. The van der Waals surface area contributed by atoms with Crippen molar-refractivity contribution in [3.63, 3.8) is 0 Å². The molecule has 4 N–H and O–H groups in total. The van der Waals surface area contributed by atoms with Crippen LogP contribution in [0.3, 0.4) is 0 Å². The summed E-state index contributed by atoms with van der Waals surface area (Å²) in [5.41, 5.74) is 1.18. The molecule has 0 aliphatic carbocycles. The van der Waals surface area contributed by atoms with E-state index in [0.717, 1.165) is 6.16 Å². The molecule has 1 rings (SSSR count). The summed E-state index contributed by atoms with van der Waals surface area (Å²) in [6.07, 6.45) is 0.816. The van der Waals surface area contributed by atoms with Gasteiger partial charge < -0.3 is 15.3 Å². The number of rotatable bonds is 5. The lowest BCUT2D eigenvalue weighted by Crippen LogP contribution is -2.37. The van der Waals surface area contributed by atoms with Crippen LogP contribution in [0.25, 0.3) is 0 Å². The minimum absolute atomic E-state index is 0. The van der Waals surface area contributed by atoms with Gasteiger partial charge in [0.15, 0.2) is 0 Å². The molecule has 0 aliphatic rings. The van der Waals surface area contributed by atoms with Gasteiger partial charge in [0.1, 0.15) is 0 Å². The van der Waals surface area contributed by atoms with Crippen LogP contribution in [0.15, 0.2) is 30.3 Å². The predicted octanol–water partition coefficient (Wildman–Crippen LogP) is 0.578. The molecule has 1 atom stereocenters. The summed E-state index contributed by atoms with van der Waals surface area (Å²) >= 11 is 0. The van der Waals surface area contributed by atoms with E-state index in [2.05, 4.69) is 5.09 Å². The number of hydrogen-bond donors (Lipinski definition) is 4. The van der Waals surface area contributed by atoms with Crippen LogP contribution in [0.4, 0.5) is 0 Å². The normalized spacial score (nSPS) is 11.7. The number of aliphatic hydroxyl groups is 3. The summed E-state index contributed by atoms with van der Waals surface area (Å²) in [7, 11) is 0.353. The molecule has 0 aromatic heterocycles. The monoisotopic (exact) mass is 295 g/mol. The minimum atomic E-state index is -2.61. The van der Waals surface area contributed by atoms with Crippen molar-refractivity contribution in [1.82, 2.24) is 5.09 Å². The molecule has 0 radical (unpaired) electrons. The van der Waals surface area contributed by atoms with Gasteiger partial charge in [-0.15, -0.1) is 17.0 Å². The van der Waals surface area contributed by atoms with Crippen LogP contribution in [0.5, 0.6) is 0 Å². The molecule has 0 amide bonds. The predicted molar refractivity (Wildman–Crippen MR) is 66.2 cm³/mol. The van der Waals surface area contributed by atoms with Gasteiger partial charge in [-0.05, 0) is 14.3 Å². The molecule has 0 heterocycles. The Hall–Kier alpha value is -0.0300. The number of nitrogens with one attached hydrogen (secondary N) is 1. The van der Waals surface area contributed by atoms with Crippen molar-refractivity contribution in [2.24, 2.45) is 0 Å². The standard InChI is InChI=1S/C9H14NO3P.BrH/c11-9(12,13)7-10-14-6-8-4-2-1-3-5-8;/h1-5,10-14H,6-7H2;1H. The third-order valence-corrected chi connectivity index (χ3v) is 2.60. The highest BCUT2D eigenvalue weighted by Crippen LogP contribution is 2.14. The molecule has 1 unspecified atom stereocenters. The fourth-order valence-corrected chi connectivity index (χ4v) is 1.87. The van der Waals surface area contributed by atoms with Gasteiger partial charge in [-0.2, -0.15) is 0 Å². The van der Waals surface area contributed by atoms with E-state index in [1.54, 1.807) is 0 Å². The largest absolute Gasteiger partial charge is 0.343 e. The SMILES string of the molecule is Br.OC(O)(O)CNPCc1ccccc1. The average molecular weight is 296 g/mol. The van der Waals surface area contributed by atoms with Crippen molar-refractivity contribution in [2.45, 2.75) is 12.1 Å². The Bertz CT molecular complexity index is 266. The Kier molecular flexibility index (Phi) is 7.26. The van der Waals surface area contributed by atoms with Crippen molar-refractivity contribution < 1.29 is 15.3 Å². The Balaban J connectivity index is 0.00000196. The molecule has 0 fully saturated rings. The first-order chi connectivity index (χ1) is 6.58. The number of benzene rings is 1. The fraction of sp³-hybridized carbons (Fsp3) is 0.333. The second kappa shape index (κ2) is 7.28. The first kappa shape index (κ1) is 15.0. The molecule has 1 aromatic rings. The van der Waals surface area contributed by atoms with Crippen molar-refractivity contribution >= 4 is 25.7 Å². The Morgan fingerprint density at radius 2 is 1.73 bits per heavy atom. The Labute approximate surface area is 101 Å². The molecular formula is C9H15BrNO3P. The summed E-state index contributed by atoms with van der Waals surface area (Å²) in [4.78, 5) is 0. The van der Waals surface area contributed by atoms with E-state index in [4.69, 9.17) is 15.3 Å². The van der Waals surface area contributed by atoms with Crippen LogP contribution in [0, 0.1) is 0 Å². The molecule has 0 saturated heterocycles. The van der Waals surface area contributed by atoms with E-state index in [-0.39, 0.29) is 23.5 Å². The third kappa shape index (κ3) is 7.85. The lowest BCUT2D eigenvalue weighted by Gasteiger charge is -2.14. The average Bonchev–Trinajstić information content (AvgIpc) is 2.13. The molecule has 1 aromatic carbocycles. The van der Waals surface area contributed by atoms with Crippen molar-refractivity contribution in [1.29, 1.82) is 0 Å². The van der Waals surface area contributed by atoms with Crippen LogP contribution in [-0.2, 0) is 6.16 Å². The first-order valence-corrected chi connectivity index (χ1v) is 5.45. The molecule has 0 bridgehead atoms. The van der Waals surface area contributed by atoms with Crippen LogP contribution < -0.4 is 5.09 Å². The Morgan fingerprint density at radius 1 is 1.13 bits per heavy atom. The zero-order chi connectivity index (χ0) is 10.4. The molecule has 0 saturated carbocycles. The van der Waals surface area contributed by atoms with E-state index in [1.165, 1.54) is 5.56 Å². The lowest BCUT2D eigenvalue weighted by atomic mass is 10.2. The molecule has 4 nitrogen and oxygen atoms in total. The van der Waals surface area contributed by atoms with Gasteiger partial charge in [0.25, 0.3) is 5.97 Å². The summed E-state index contributed by atoms with van der Waals surface area (Å²) < 4.78 is 0. The maximum atomic E-state index is 8.57. The summed E-state index contributed by atoms with van der Waals surface area (Å²) in [6, 6.07) is 9.85. The van der Waals surface area contributed by atoms with E-state index in [1.807, 2.05) is 30.3 Å². The van der Waals surface area contributed by atoms with Crippen molar-refractivity contribution in [3.8, 4) is 0 Å². The summed E-state index contributed by atoms with van der Waals surface area (Å²) in [5, 5.41) is 28.5. The van der Waals surface area contributed by atoms with Gasteiger partial charge in [0.2, 0.25) is 0 Å².